The van der Waals surface area contributed by atoms with Crippen molar-refractivity contribution < 1.29 is 5.11 Å². The summed E-state index contributed by atoms with van der Waals surface area (Å²) in [7, 11) is 0. The molecule has 4 saturated heterocycles. The Kier molecular flexibility index (Phi) is 2.57. The van der Waals surface area contributed by atoms with Crippen LogP contribution in [0.5, 0.6) is 0 Å². The summed E-state index contributed by atoms with van der Waals surface area (Å²) in [5, 5.41) is 11.2. The Hall–Kier alpha value is -0.160. The van der Waals surface area contributed by atoms with Crippen molar-refractivity contribution in [2.24, 2.45) is 23.0 Å². The smallest absolute Gasteiger partial charge is 0.0904 e. The Labute approximate surface area is 104 Å². The summed E-state index contributed by atoms with van der Waals surface area (Å²) in [6.07, 6.45) is 0. The highest BCUT2D eigenvalue weighted by Gasteiger charge is 2.63. The van der Waals surface area contributed by atoms with Crippen LogP contribution in [-0.4, -0.2) is 66.3 Å². The topological polar surface area (TPSA) is 52.7 Å². The van der Waals surface area contributed by atoms with Crippen LogP contribution in [0.1, 0.15) is 13.8 Å². The van der Waals surface area contributed by atoms with Gasteiger partial charge in [0.05, 0.1) is 5.60 Å². The third-order valence-corrected chi connectivity index (χ3v) is 5.66. The summed E-state index contributed by atoms with van der Waals surface area (Å²) >= 11 is 0. The van der Waals surface area contributed by atoms with Gasteiger partial charge in [-0.05, 0) is 5.92 Å². The minimum absolute atomic E-state index is 0.0284. The van der Waals surface area contributed by atoms with E-state index in [1.54, 1.807) is 0 Å². The zero-order valence-electron chi connectivity index (χ0n) is 11.0. The molecule has 4 heterocycles. The van der Waals surface area contributed by atoms with Crippen molar-refractivity contribution in [3.05, 3.63) is 0 Å². The maximum Gasteiger partial charge on any atom is 0.0904 e. The number of nitrogens with two attached hydrogens (primary N) is 1. The molecule has 17 heavy (non-hydrogen) atoms. The van der Waals surface area contributed by atoms with Crippen molar-refractivity contribution in [2.45, 2.75) is 19.4 Å². The fourth-order valence-corrected chi connectivity index (χ4v) is 4.50. The van der Waals surface area contributed by atoms with Gasteiger partial charge >= 0.3 is 0 Å². The van der Waals surface area contributed by atoms with Gasteiger partial charge in [0, 0.05) is 57.1 Å². The largest absolute Gasteiger partial charge is 0.387 e. The molecule has 4 rings (SSSR count). The van der Waals surface area contributed by atoms with Crippen molar-refractivity contribution in [2.75, 3.05) is 45.8 Å². The first-order chi connectivity index (χ1) is 8.02. The number of aliphatic hydroxyl groups is 1. The van der Waals surface area contributed by atoms with Gasteiger partial charge in [-0.2, -0.15) is 0 Å². The summed E-state index contributed by atoms with van der Waals surface area (Å²) in [6.45, 7) is 11.3. The van der Waals surface area contributed by atoms with Gasteiger partial charge in [-0.15, -0.1) is 0 Å². The van der Waals surface area contributed by atoms with Crippen LogP contribution in [0.25, 0.3) is 0 Å². The average Bonchev–Trinajstić information content (AvgIpc) is 2.54. The van der Waals surface area contributed by atoms with E-state index in [0.717, 1.165) is 39.3 Å². The van der Waals surface area contributed by atoms with E-state index in [9.17, 15) is 5.11 Å². The molecule has 4 aliphatic rings. The van der Waals surface area contributed by atoms with Crippen LogP contribution in [-0.2, 0) is 0 Å². The van der Waals surface area contributed by atoms with Crippen LogP contribution < -0.4 is 5.73 Å². The molecule has 3 N–H and O–H groups in total. The Morgan fingerprint density at radius 2 is 1.76 bits per heavy atom. The van der Waals surface area contributed by atoms with Crippen molar-refractivity contribution in [1.82, 2.24) is 9.80 Å². The molecule has 0 amide bonds. The summed E-state index contributed by atoms with van der Waals surface area (Å²) < 4.78 is 0. The molecule has 0 saturated carbocycles. The molecular formula is C13H25N3O. The van der Waals surface area contributed by atoms with Crippen LogP contribution in [0.4, 0.5) is 0 Å². The van der Waals surface area contributed by atoms with E-state index in [-0.39, 0.29) is 5.41 Å². The highest BCUT2D eigenvalue weighted by Crippen LogP contribution is 2.51. The van der Waals surface area contributed by atoms with Gasteiger partial charge in [-0.25, -0.2) is 0 Å². The van der Waals surface area contributed by atoms with Crippen molar-refractivity contribution in [3.63, 3.8) is 0 Å². The van der Waals surface area contributed by atoms with Crippen LogP contribution in [0.2, 0.25) is 0 Å². The van der Waals surface area contributed by atoms with Gasteiger partial charge < -0.3 is 20.6 Å². The molecule has 4 nitrogen and oxygen atoms in total. The van der Waals surface area contributed by atoms with Crippen LogP contribution in [0, 0.1) is 17.3 Å². The molecule has 0 radical (unpaired) electrons. The standard InChI is InChI=1S/C13H25N3O/c1-10(2)12-8-15-3-4-16(9-12)6-11(5-15)13(12,17)7-14/h10-11,17H,3-9,14H2,1-2H3. The second-order valence-electron chi connectivity index (χ2n) is 6.61. The molecule has 0 aromatic heterocycles. The Balaban J connectivity index is 2.07. The lowest BCUT2D eigenvalue weighted by molar-refractivity contribution is -0.210. The van der Waals surface area contributed by atoms with E-state index in [4.69, 9.17) is 5.73 Å². The molecule has 3 atom stereocenters. The second kappa shape index (κ2) is 3.67. The zero-order chi connectivity index (χ0) is 12.3. The molecule has 0 aromatic carbocycles. The van der Waals surface area contributed by atoms with Gasteiger partial charge in [0.1, 0.15) is 0 Å². The summed E-state index contributed by atoms with van der Waals surface area (Å²) in [6, 6.07) is 0. The molecular weight excluding hydrogens is 214 g/mol. The lowest BCUT2D eigenvalue weighted by Gasteiger charge is -2.62. The number of fused-ring (bicyclic) bond motifs is 1. The molecule has 0 aromatic rings. The lowest BCUT2D eigenvalue weighted by Crippen LogP contribution is -2.75. The predicted octanol–water partition coefficient (Wildman–Crippen LogP) is -0.420. The number of nitrogens with zero attached hydrogens (tertiary/aromatic N) is 2. The van der Waals surface area contributed by atoms with E-state index in [1.165, 1.54) is 0 Å². The highest BCUT2D eigenvalue weighted by molar-refractivity contribution is 5.15. The van der Waals surface area contributed by atoms with E-state index in [1.807, 2.05) is 0 Å². The predicted molar refractivity (Wildman–Crippen MR) is 67.6 cm³/mol. The van der Waals surface area contributed by atoms with E-state index < -0.39 is 5.60 Å². The normalized spacial score (nSPS) is 53.1. The molecule has 4 heteroatoms. The molecule has 4 bridgehead atoms. The molecule has 3 unspecified atom stereocenters. The molecule has 0 spiro atoms. The number of piperidine rings is 2. The fraction of sp³-hybridized carbons (Fsp3) is 1.00. The quantitative estimate of drug-likeness (QED) is 0.687. The van der Waals surface area contributed by atoms with Crippen molar-refractivity contribution >= 4 is 0 Å². The maximum absolute atomic E-state index is 11.2. The molecule has 98 valence electrons. The Morgan fingerprint density at radius 1 is 1.24 bits per heavy atom. The van der Waals surface area contributed by atoms with Crippen LogP contribution in [0.15, 0.2) is 0 Å². The summed E-state index contributed by atoms with van der Waals surface area (Å²) in [4.78, 5) is 5.09. The number of hydrogen-bond donors (Lipinski definition) is 2. The number of rotatable bonds is 2. The zero-order valence-corrected chi connectivity index (χ0v) is 11.0. The monoisotopic (exact) mass is 239 g/mol. The van der Waals surface area contributed by atoms with Crippen LogP contribution >= 0.6 is 0 Å². The van der Waals surface area contributed by atoms with Gasteiger partial charge in [0.15, 0.2) is 0 Å². The maximum atomic E-state index is 11.2. The second-order valence-corrected chi connectivity index (χ2v) is 6.61. The molecule has 4 aliphatic heterocycles. The van der Waals surface area contributed by atoms with E-state index in [2.05, 4.69) is 23.6 Å². The summed E-state index contributed by atoms with van der Waals surface area (Å²) in [5.41, 5.74) is 5.29. The number of hydrogen-bond acceptors (Lipinski definition) is 4. The third kappa shape index (κ3) is 1.38. The highest BCUT2D eigenvalue weighted by atomic mass is 16.3. The van der Waals surface area contributed by atoms with Gasteiger partial charge in [-0.1, -0.05) is 13.8 Å². The molecule has 0 aliphatic carbocycles. The van der Waals surface area contributed by atoms with Gasteiger partial charge in [0.25, 0.3) is 0 Å². The first kappa shape index (κ1) is 11.9. The average molecular weight is 239 g/mol. The first-order valence-electron chi connectivity index (χ1n) is 6.89. The third-order valence-electron chi connectivity index (χ3n) is 5.66. The van der Waals surface area contributed by atoms with Crippen molar-refractivity contribution in [3.8, 4) is 0 Å². The SMILES string of the molecule is CC(C)C12CN3CCN(CC(C3)C1(O)CN)C2. The molecule has 4 fully saturated rings. The van der Waals surface area contributed by atoms with Gasteiger partial charge in [-0.3, -0.25) is 0 Å². The lowest BCUT2D eigenvalue weighted by atomic mass is 9.55. The van der Waals surface area contributed by atoms with Crippen LogP contribution in [0.3, 0.4) is 0 Å². The van der Waals surface area contributed by atoms with E-state index in [0.29, 0.717) is 18.4 Å². The first-order valence-corrected chi connectivity index (χ1v) is 6.89. The minimum atomic E-state index is -0.654. The van der Waals surface area contributed by atoms with E-state index >= 15 is 0 Å². The fourth-order valence-electron chi connectivity index (χ4n) is 4.50. The Bertz CT molecular complexity index is 304. The Morgan fingerprint density at radius 3 is 2.18 bits per heavy atom. The minimum Gasteiger partial charge on any atom is -0.387 e. The van der Waals surface area contributed by atoms with Gasteiger partial charge in [0.2, 0.25) is 0 Å². The van der Waals surface area contributed by atoms with Crippen molar-refractivity contribution in [1.29, 1.82) is 0 Å². The summed E-state index contributed by atoms with van der Waals surface area (Å²) in [5.74, 6) is 0.808.